The third-order valence-electron chi connectivity index (χ3n) is 2.35. The maximum absolute atomic E-state index is 13.7. The molecule has 0 radical (unpaired) electrons. The Morgan fingerprint density at radius 3 is 2.65 bits per heavy atom. The average molecular weight is 343 g/mol. The summed E-state index contributed by atoms with van der Waals surface area (Å²) in [7, 11) is 0. The fourth-order valence-corrected chi connectivity index (χ4v) is 1.93. The number of rotatable bonds is 4. The maximum Gasteiger partial charge on any atom is 0.354 e. The molecule has 4 N–H and O–H groups in total. The van der Waals surface area contributed by atoms with Crippen LogP contribution in [0.1, 0.15) is 0 Å². The summed E-state index contributed by atoms with van der Waals surface area (Å²) < 4.78 is 14.1. The van der Waals surface area contributed by atoms with Crippen molar-refractivity contribution in [1.29, 1.82) is 0 Å². The number of nitrogen functional groups attached to an aromatic ring is 1. The van der Waals surface area contributed by atoms with E-state index in [2.05, 4.69) is 36.6 Å². The van der Waals surface area contributed by atoms with Crippen LogP contribution in [0, 0.1) is 15.9 Å². The second-order valence-electron chi connectivity index (χ2n) is 3.54. The second-order valence-corrected chi connectivity index (χ2v) is 4.40. The molecule has 20 heavy (non-hydrogen) atoms. The Hall–Kier alpha value is -2.33. The van der Waals surface area contributed by atoms with Crippen molar-refractivity contribution < 1.29 is 9.31 Å². The minimum atomic E-state index is -0.716. The molecule has 1 aromatic carbocycles. The number of nitrogens with two attached hydrogens (primary N) is 1. The molecule has 0 aliphatic carbocycles. The van der Waals surface area contributed by atoms with Crippen LogP contribution in [-0.2, 0) is 0 Å². The first-order chi connectivity index (χ1) is 9.54. The van der Waals surface area contributed by atoms with Crippen molar-refractivity contribution in [3.8, 4) is 0 Å². The van der Waals surface area contributed by atoms with E-state index in [0.29, 0.717) is 4.47 Å². The summed E-state index contributed by atoms with van der Waals surface area (Å²) >= 11 is 3.15. The van der Waals surface area contributed by atoms with Gasteiger partial charge < -0.3 is 10.7 Å². The summed E-state index contributed by atoms with van der Waals surface area (Å²) in [6, 6.07) is 4.29. The van der Waals surface area contributed by atoms with Crippen molar-refractivity contribution in [3.63, 3.8) is 0 Å². The van der Waals surface area contributed by atoms with Crippen LogP contribution in [0.2, 0.25) is 0 Å². The molecule has 104 valence electrons. The van der Waals surface area contributed by atoms with Gasteiger partial charge in [-0.15, -0.1) is 0 Å². The highest BCUT2D eigenvalue weighted by atomic mass is 79.9. The molecule has 0 amide bonds. The number of anilines is 3. The fourth-order valence-electron chi connectivity index (χ4n) is 1.48. The highest BCUT2D eigenvalue weighted by molar-refractivity contribution is 9.10. The first-order valence-corrected chi connectivity index (χ1v) is 6.01. The highest BCUT2D eigenvalue weighted by Crippen LogP contribution is 2.34. The lowest BCUT2D eigenvalue weighted by Crippen LogP contribution is -2.13. The van der Waals surface area contributed by atoms with Gasteiger partial charge in [-0.05, 0) is 28.1 Å². The van der Waals surface area contributed by atoms with Crippen LogP contribution in [0.5, 0.6) is 0 Å². The lowest BCUT2D eigenvalue weighted by atomic mass is 10.3. The monoisotopic (exact) mass is 342 g/mol. The van der Waals surface area contributed by atoms with Crippen LogP contribution in [0.3, 0.4) is 0 Å². The van der Waals surface area contributed by atoms with Crippen molar-refractivity contribution in [2.45, 2.75) is 0 Å². The van der Waals surface area contributed by atoms with Crippen molar-refractivity contribution in [2.75, 3.05) is 10.7 Å². The predicted molar refractivity (Wildman–Crippen MR) is 73.9 cm³/mol. The van der Waals surface area contributed by atoms with Gasteiger partial charge >= 0.3 is 5.69 Å². The van der Waals surface area contributed by atoms with Crippen molar-refractivity contribution >= 4 is 38.9 Å². The summed E-state index contributed by atoms with van der Waals surface area (Å²) in [5.41, 5.74) is 1.64. The van der Waals surface area contributed by atoms with Crippen molar-refractivity contribution in [2.24, 2.45) is 5.84 Å². The molecule has 0 saturated heterocycles. The molecular weight excluding hydrogens is 335 g/mol. The van der Waals surface area contributed by atoms with Crippen LogP contribution in [0.25, 0.3) is 0 Å². The zero-order valence-corrected chi connectivity index (χ0v) is 11.4. The molecule has 10 heteroatoms. The number of nitro groups is 1. The van der Waals surface area contributed by atoms with Gasteiger partial charge in [0.2, 0.25) is 11.6 Å². The van der Waals surface area contributed by atoms with Gasteiger partial charge in [-0.25, -0.2) is 20.2 Å². The van der Waals surface area contributed by atoms with Gasteiger partial charge in [-0.3, -0.25) is 10.1 Å². The number of halogens is 2. The second kappa shape index (κ2) is 5.75. The number of para-hydroxylation sites is 1. The molecule has 0 spiro atoms. The molecule has 0 aliphatic rings. The Labute approximate surface area is 120 Å². The van der Waals surface area contributed by atoms with E-state index in [-0.39, 0.29) is 17.3 Å². The molecule has 0 unspecified atom stereocenters. The van der Waals surface area contributed by atoms with Gasteiger partial charge in [0.25, 0.3) is 0 Å². The molecule has 2 aromatic rings. The number of nitrogens with zero attached hydrogens (tertiary/aromatic N) is 3. The Bertz CT molecular complexity index is 648. The number of hydrazine groups is 1. The predicted octanol–water partition coefficient (Wildman–Crippen LogP) is 2.32. The Kier molecular flexibility index (Phi) is 4.05. The van der Waals surface area contributed by atoms with Crippen LogP contribution >= 0.6 is 15.9 Å². The van der Waals surface area contributed by atoms with E-state index in [1.54, 1.807) is 6.07 Å². The van der Waals surface area contributed by atoms with Crippen LogP contribution in [-0.4, -0.2) is 14.9 Å². The first kappa shape index (κ1) is 14.1. The average Bonchev–Trinajstić information content (AvgIpc) is 2.42. The number of hydrogen-bond acceptors (Lipinski definition) is 7. The van der Waals surface area contributed by atoms with E-state index < -0.39 is 16.4 Å². The molecule has 1 aromatic heterocycles. The first-order valence-electron chi connectivity index (χ1n) is 5.21. The lowest BCUT2D eigenvalue weighted by molar-refractivity contribution is -0.383. The maximum atomic E-state index is 13.7. The molecule has 8 nitrogen and oxygen atoms in total. The zero-order valence-electron chi connectivity index (χ0n) is 9.80. The molecular formula is C10H8BrFN6O2. The SMILES string of the molecule is NNc1ncnc(Nc2c(F)cccc2Br)c1[N+](=O)[O-]. The highest BCUT2D eigenvalue weighted by Gasteiger charge is 2.23. The molecule has 1 heterocycles. The van der Waals surface area contributed by atoms with Gasteiger partial charge in [-0.2, -0.15) is 0 Å². The normalized spacial score (nSPS) is 10.2. The summed E-state index contributed by atoms with van der Waals surface area (Å²) in [5, 5.41) is 13.6. The van der Waals surface area contributed by atoms with Crippen LogP contribution < -0.4 is 16.6 Å². The molecule has 0 fully saturated rings. The van der Waals surface area contributed by atoms with E-state index in [1.807, 2.05) is 0 Å². The van der Waals surface area contributed by atoms with Crippen molar-refractivity contribution in [1.82, 2.24) is 9.97 Å². The van der Waals surface area contributed by atoms with Gasteiger partial charge in [-0.1, -0.05) is 6.07 Å². The Morgan fingerprint density at radius 1 is 1.35 bits per heavy atom. The Balaban J connectivity index is 2.51. The minimum absolute atomic E-state index is 0.0253. The summed E-state index contributed by atoms with van der Waals surface area (Å²) in [6.07, 6.45) is 1.07. The number of benzene rings is 1. The third kappa shape index (κ3) is 2.65. The van der Waals surface area contributed by atoms with Crippen LogP contribution in [0.15, 0.2) is 29.0 Å². The lowest BCUT2D eigenvalue weighted by Gasteiger charge is -2.10. The van der Waals surface area contributed by atoms with Gasteiger partial charge in [0.05, 0.1) is 10.6 Å². The molecule has 0 saturated carbocycles. The molecule has 0 bridgehead atoms. The topological polar surface area (TPSA) is 119 Å². The van der Waals surface area contributed by atoms with Gasteiger partial charge in [0.1, 0.15) is 12.1 Å². The van der Waals surface area contributed by atoms with Crippen LogP contribution in [0.4, 0.5) is 27.4 Å². The summed E-state index contributed by atoms with van der Waals surface area (Å²) in [5.74, 6) is 4.21. The van der Waals surface area contributed by atoms with E-state index in [0.717, 1.165) is 6.33 Å². The quantitative estimate of drug-likeness (QED) is 0.443. The van der Waals surface area contributed by atoms with Crippen molar-refractivity contribution in [3.05, 3.63) is 44.9 Å². The molecule has 2 rings (SSSR count). The van der Waals surface area contributed by atoms with E-state index in [9.17, 15) is 14.5 Å². The smallest absolute Gasteiger partial charge is 0.331 e. The molecule has 0 aliphatic heterocycles. The van der Waals surface area contributed by atoms with E-state index >= 15 is 0 Å². The Morgan fingerprint density at radius 2 is 2.05 bits per heavy atom. The largest absolute Gasteiger partial charge is 0.354 e. The minimum Gasteiger partial charge on any atom is -0.331 e. The van der Waals surface area contributed by atoms with Gasteiger partial charge in [0.15, 0.2) is 0 Å². The zero-order chi connectivity index (χ0) is 14.7. The van der Waals surface area contributed by atoms with E-state index in [1.165, 1.54) is 12.1 Å². The number of aromatic nitrogens is 2. The number of hydrogen-bond donors (Lipinski definition) is 3. The summed E-state index contributed by atoms with van der Waals surface area (Å²) in [4.78, 5) is 17.7. The number of nitrogens with one attached hydrogen (secondary N) is 2. The standard InChI is InChI=1S/C10H8BrFN6O2/c11-5-2-1-3-6(12)7(5)16-9-8(18(19)20)10(17-13)15-4-14-9/h1-4H,13H2,(H2,14,15,16,17). The molecule has 0 atom stereocenters. The van der Waals surface area contributed by atoms with Gasteiger partial charge in [0, 0.05) is 4.47 Å². The summed E-state index contributed by atoms with van der Waals surface area (Å²) in [6.45, 7) is 0. The van der Waals surface area contributed by atoms with E-state index in [4.69, 9.17) is 5.84 Å². The third-order valence-corrected chi connectivity index (χ3v) is 3.01. The fraction of sp³-hybridized carbons (Fsp3) is 0.